The number of carbonyl (C=O) groups is 1. The van der Waals surface area contributed by atoms with Gasteiger partial charge in [0.2, 0.25) is 11.7 Å². The number of rotatable bonds is 9. The first-order valence-corrected chi connectivity index (χ1v) is 9.59. The fourth-order valence-electron chi connectivity index (χ4n) is 3.18. The second-order valence-corrected chi connectivity index (χ2v) is 6.66. The van der Waals surface area contributed by atoms with Crippen LogP contribution in [0, 0.1) is 0 Å². The van der Waals surface area contributed by atoms with Crippen molar-refractivity contribution in [1.29, 1.82) is 0 Å². The molecule has 1 amide bonds. The Labute approximate surface area is 174 Å². The van der Waals surface area contributed by atoms with Crippen LogP contribution >= 0.6 is 0 Å². The molecule has 1 aromatic heterocycles. The molecule has 8 nitrogen and oxygen atoms in total. The first-order valence-electron chi connectivity index (χ1n) is 9.59. The van der Waals surface area contributed by atoms with Crippen molar-refractivity contribution in [2.45, 2.75) is 19.3 Å². The molecule has 3 rings (SSSR count). The number of hydrogen-bond donors (Lipinski definition) is 2. The zero-order valence-corrected chi connectivity index (χ0v) is 17.3. The van der Waals surface area contributed by atoms with Crippen molar-refractivity contribution in [2.75, 3.05) is 27.9 Å². The highest BCUT2D eigenvalue weighted by molar-refractivity contribution is 5.76. The lowest BCUT2D eigenvalue weighted by Crippen LogP contribution is -2.27. The molecule has 0 saturated heterocycles. The SMILES string of the molecule is COc1cc(CCNC(=O)CCc2nc3ccccc3[nH]c2=O)cc(OC)c1OC. The number of fused-ring (bicyclic) bond motifs is 1. The highest BCUT2D eigenvalue weighted by Crippen LogP contribution is 2.38. The van der Waals surface area contributed by atoms with E-state index in [9.17, 15) is 9.59 Å². The summed E-state index contributed by atoms with van der Waals surface area (Å²) < 4.78 is 16.0. The minimum atomic E-state index is -0.265. The molecule has 8 heteroatoms. The second-order valence-electron chi connectivity index (χ2n) is 6.66. The van der Waals surface area contributed by atoms with Crippen LogP contribution in [0.4, 0.5) is 0 Å². The van der Waals surface area contributed by atoms with Crippen LogP contribution in [0.15, 0.2) is 41.2 Å². The summed E-state index contributed by atoms with van der Waals surface area (Å²) in [5.74, 6) is 1.53. The molecule has 158 valence electrons. The van der Waals surface area contributed by atoms with Crippen LogP contribution in [-0.2, 0) is 17.6 Å². The largest absolute Gasteiger partial charge is 0.493 e. The van der Waals surface area contributed by atoms with Crippen LogP contribution in [0.25, 0.3) is 11.0 Å². The molecule has 0 aliphatic rings. The molecule has 0 atom stereocenters. The Balaban J connectivity index is 1.55. The lowest BCUT2D eigenvalue weighted by atomic mass is 10.1. The minimum Gasteiger partial charge on any atom is -0.493 e. The van der Waals surface area contributed by atoms with Gasteiger partial charge in [0.25, 0.3) is 5.56 Å². The van der Waals surface area contributed by atoms with E-state index in [2.05, 4.69) is 15.3 Å². The smallest absolute Gasteiger partial charge is 0.270 e. The molecule has 2 N–H and O–H groups in total. The summed E-state index contributed by atoms with van der Waals surface area (Å²) in [6.07, 6.45) is 1.05. The third kappa shape index (κ3) is 4.89. The number of methoxy groups -OCH3 is 3. The van der Waals surface area contributed by atoms with Gasteiger partial charge in [-0.15, -0.1) is 0 Å². The predicted octanol–water partition coefficient (Wildman–Crippen LogP) is 2.24. The van der Waals surface area contributed by atoms with Gasteiger partial charge < -0.3 is 24.5 Å². The quantitative estimate of drug-likeness (QED) is 0.560. The number of aryl methyl sites for hydroxylation is 1. The zero-order valence-electron chi connectivity index (χ0n) is 17.3. The second kappa shape index (κ2) is 9.78. The molecule has 0 aliphatic heterocycles. The number of nitrogens with one attached hydrogen (secondary N) is 2. The monoisotopic (exact) mass is 411 g/mol. The van der Waals surface area contributed by atoms with Gasteiger partial charge in [0, 0.05) is 19.4 Å². The van der Waals surface area contributed by atoms with E-state index in [1.165, 1.54) is 0 Å². The number of nitrogens with zero attached hydrogens (tertiary/aromatic N) is 1. The number of benzene rings is 2. The summed E-state index contributed by atoms with van der Waals surface area (Å²) in [6, 6.07) is 11.0. The van der Waals surface area contributed by atoms with Crippen LogP contribution in [0.3, 0.4) is 0 Å². The van der Waals surface area contributed by atoms with Gasteiger partial charge in [-0.25, -0.2) is 4.98 Å². The Bertz CT molecular complexity index is 1070. The number of hydrogen-bond acceptors (Lipinski definition) is 6. The Morgan fingerprint density at radius 3 is 2.40 bits per heavy atom. The van der Waals surface area contributed by atoms with Gasteiger partial charge in [-0.2, -0.15) is 0 Å². The summed E-state index contributed by atoms with van der Waals surface area (Å²) >= 11 is 0. The van der Waals surface area contributed by atoms with E-state index in [1.54, 1.807) is 27.4 Å². The topological polar surface area (TPSA) is 103 Å². The predicted molar refractivity (Wildman–Crippen MR) is 113 cm³/mol. The number of carbonyl (C=O) groups excluding carboxylic acids is 1. The maximum Gasteiger partial charge on any atom is 0.270 e. The van der Waals surface area contributed by atoms with E-state index >= 15 is 0 Å². The maximum atomic E-state index is 12.2. The number of ether oxygens (including phenoxy) is 3. The van der Waals surface area contributed by atoms with Gasteiger partial charge in [0.1, 0.15) is 5.69 Å². The molecule has 0 unspecified atom stereocenters. The lowest BCUT2D eigenvalue weighted by molar-refractivity contribution is -0.121. The molecular weight excluding hydrogens is 386 g/mol. The van der Waals surface area contributed by atoms with E-state index in [4.69, 9.17) is 14.2 Å². The van der Waals surface area contributed by atoms with Gasteiger partial charge in [-0.1, -0.05) is 12.1 Å². The summed E-state index contributed by atoms with van der Waals surface area (Å²) in [6.45, 7) is 0.443. The molecule has 0 saturated carbocycles. The molecule has 3 aromatic rings. The van der Waals surface area contributed by atoms with Gasteiger partial charge in [-0.3, -0.25) is 9.59 Å². The van der Waals surface area contributed by atoms with Gasteiger partial charge in [0.05, 0.1) is 32.4 Å². The molecular formula is C22H25N3O5. The number of amides is 1. The Kier molecular flexibility index (Phi) is 6.90. The molecule has 2 aromatic carbocycles. The third-order valence-corrected chi connectivity index (χ3v) is 4.72. The molecule has 0 radical (unpaired) electrons. The number of para-hydroxylation sites is 2. The van der Waals surface area contributed by atoms with Gasteiger partial charge >= 0.3 is 0 Å². The van der Waals surface area contributed by atoms with Crippen LogP contribution in [-0.4, -0.2) is 43.7 Å². The fourth-order valence-corrected chi connectivity index (χ4v) is 3.18. The zero-order chi connectivity index (χ0) is 21.5. The van der Waals surface area contributed by atoms with E-state index < -0.39 is 0 Å². The molecule has 0 aliphatic carbocycles. The molecule has 0 spiro atoms. The van der Waals surface area contributed by atoms with E-state index in [-0.39, 0.29) is 24.3 Å². The fraction of sp³-hybridized carbons (Fsp3) is 0.318. The van der Waals surface area contributed by atoms with Crippen molar-refractivity contribution in [1.82, 2.24) is 15.3 Å². The summed E-state index contributed by atoms with van der Waals surface area (Å²) in [7, 11) is 4.67. The van der Waals surface area contributed by atoms with Crippen molar-refractivity contribution in [3.8, 4) is 17.2 Å². The van der Waals surface area contributed by atoms with Gasteiger partial charge in [0.15, 0.2) is 11.5 Å². The average Bonchev–Trinajstić information content (AvgIpc) is 2.76. The highest BCUT2D eigenvalue weighted by atomic mass is 16.5. The van der Waals surface area contributed by atoms with Crippen molar-refractivity contribution >= 4 is 16.9 Å². The van der Waals surface area contributed by atoms with Crippen LogP contribution in [0.2, 0.25) is 0 Å². The first-order chi connectivity index (χ1) is 14.5. The van der Waals surface area contributed by atoms with Crippen LogP contribution in [0.5, 0.6) is 17.2 Å². The molecule has 1 heterocycles. The lowest BCUT2D eigenvalue weighted by Gasteiger charge is -2.14. The van der Waals surface area contributed by atoms with E-state index in [1.807, 2.05) is 30.3 Å². The standard InChI is InChI=1S/C22H25N3O5/c1-28-18-12-14(13-19(29-2)21(18)30-3)10-11-23-20(26)9-8-17-22(27)25-16-7-5-4-6-15(16)24-17/h4-7,12-13H,8-11H2,1-3H3,(H,23,26)(H,25,27). The van der Waals surface area contributed by atoms with Crippen LogP contribution < -0.4 is 25.1 Å². The summed E-state index contributed by atoms with van der Waals surface area (Å²) in [5, 5.41) is 2.87. The molecule has 30 heavy (non-hydrogen) atoms. The van der Waals surface area contributed by atoms with Crippen LogP contribution in [0.1, 0.15) is 17.7 Å². The molecule has 0 fully saturated rings. The highest BCUT2D eigenvalue weighted by Gasteiger charge is 2.13. The normalized spacial score (nSPS) is 10.6. The Morgan fingerprint density at radius 2 is 1.73 bits per heavy atom. The third-order valence-electron chi connectivity index (χ3n) is 4.72. The molecule has 0 bridgehead atoms. The van der Waals surface area contributed by atoms with Gasteiger partial charge in [-0.05, 0) is 36.2 Å². The number of H-pyrrole nitrogens is 1. The van der Waals surface area contributed by atoms with Crippen molar-refractivity contribution in [3.05, 3.63) is 58.0 Å². The first kappa shape index (κ1) is 21.2. The Hall–Kier alpha value is -3.55. The van der Waals surface area contributed by atoms with Crippen molar-refractivity contribution in [3.63, 3.8) is 0 Å². The van der Waals surface area contributed by atoms with E-state index in [0.717, 1.165) is 5.56 Å². The Morgan fingerprint density at radius 1 is 1.03 bits per heavy atom. The maximum absolute atomic E-state index is 12.2. The summed E-state index contributed by atoms with van der Waals surface area (Å²) in [5.41, 5.74) is 2.42. The van der Waals surface area contributed by atoms with E-state index in [0.29, 0.717) is 46.9 Å². The average molecular weight is 411 g/mol. The number of aromatic nitrogens is 2. The summed E-state index contributed by atoms with van der Waals surface area (Å²) in [4.78, 5) is 31.5. The number of aromatic amines is 1. The van der Waals surface area contributed by atoms with Crippen molar-refractivity contribution in [2.24, 2.45) is 0 Å². The minimum absolute atomic E-state index is 0.142. The van der Waals surface area contributed by atoms with Crippen molar-refractivity contribution < 1.29 is 19.0 Å².